The van der Waals surface area contributed by atoms with Crippen LogP contribution < -0.4 is 5.32 Å². The monoisotopic (exact) mass is 280 g/mol. The normalized spacial score (nSPS) is 28.9. The molecule has 3 unspecified atom stereocenters. The van der Waals surface area contributed by atoms with Crippen LogP contribution in [0.1, 0.15) is 85.0 Å². The average molecular weight is 280 g/mol. The Labute approximate surface area is 126 Å². The molecular weight excluding hydrogens is 244 g/mol. The average Bonchev–Trinajstić information content (AvgIpc) is 2.43. The number of rotatable bonds is 10. The van der Waals surface area contributed by atoms with E-state index in [1.165, 1.54) is 77.3 Å². The van der Waals surface area contributed by atoms with Gasteiger partial charge in [-0.05, 0) is 26.2 Å². The summed E-state index contributed by atoms with van der Waals surface area (Å²) >= 11 is 0. The zero-order valence-electron chi connectivity index (χ0n) is 14.1. The molecule has 3 fully saturated rings. The molecule has 0 amide bonds. The molecule has 0 spiro atoms. The van der Waals surface area contributed by atoms with Crippen molar-refractivity contribution in [3.63, 3.8) is 0 Å². The summed E-state index contributed by atoms with van der Waals surface area (Å²) in [6.45, 7) is 9.78. The Morgan fingerprint density at radius 3 is 1.95 bits per heavy atom. The number of piperidine rings is 1. The maximum atomic E-state index is 3.68. The van der Waals surface area contributed by atoms with Gasteiger partial charge in [-0.15, -0.1) is 0 Å². The molecule has 3 aliphatic rings. The van der Waals surface area contributed by atoms with Crippen molar-refractivity contribution in [2.24, 2.45) is 0 Å². The summed E-state index contributed by atoms with van der Waals surface area (Å²) in [5.74, 6) is 0. The SMILES string of the molecule is CCCCCCC(C)(CCCCC)N1CC2CC(C1)N2. The number of nitrogens with zero attached hydrogens (tertiary/aromatic N) is 1. The summed E-state index contributed by atoms with van der Waals surface area (Å²) in [6.07, 6.45) is 14.0. The standard InChI is InChI=1S/C18H36N2/c1-4-6-8-10-12-18(3,11-9-7-5-2)20-14-16-13-17(15-20)19-16/h16-17,19H,4-15H2,1-3H3. The maximum absolute atomic E-state index is 3.68. The van der Waals surface area contributed by atoms with Crippen molar-refractivity contribution < 1.29 is 0 Å². The molecule has 3 saturated heterocycles. The van der Waals surface area contributed by atoms with Gasteiger partial charge in [0, 0.05) is 30.7 Å². The Hall–Kier alpha value is -0.0800. The highest BCUT2D eigenvalue weighted by Gasteiger charge is 2.42. The first-order valence-electron chi connectivity index (χ1n) is 9.19. The molecular formula is C18H36N2. The minimum Gasteiger partial charge on any atom is -0.309 e. The zero-order valence-corrected chi connectivity index (χ0v) is 14.1. The highest BCUT2D eigenvalue weighted by Crippen LogP contribution is 2.34. The van der Waals surface area contributed by atoms with Crippen LogP contribution in [0.5, 0.6) is 0 Å². The second kappa shape index (κ2) is 7.79. The van der Waals surface area contributed by atoms with Gasteiger partial charge in [-0.25, -0.2) is 0 Å². The van der Waals surface area contributed by atoms with Crippen LogP contribution in [0.15, 0.2) is 0 Å². The van der Waals surface area contributed by atoms with Crippen molar-refractivity contribution in [1.82, 2.24) is 10.2 Å². The molecule has 1 N–H and O–H groups in total. The number of unbranched alkanes of at least 4 members (excludes halogenated alkanes) is 5. The van der Waals surface area contributed by atoms with E-state index in [9.17, 15) is 0 Å². The van der Waals surface area contributed by atoms with Crippen molar-refractivity contribution in [3.05, 3.63) is 0 Å². The molecule has 3 aliphatic heterocycles. The van der Waals surface area contributed by atoms with Gasteiger partial charge in [0.25, 0.3) is 0 Å². The lowest BCUT2D eigenvalue weighted by atomic mass is 9.81. The van der Waals surface area contributed by atoms with Crippen molar-refractivity contribution >= 4 is 0 Å². The van der Waals surface area contributed by atoms with E-state index in [2.05, 4.69) is 31.0 Å². The molecule has 3 rings (SSSR count). The Bertz CT molecular complexity index is 263. The van der Waals surface area contributed by atoms with Gasteiger partial charge in [-0.3, -0.25) is 4.90 Å². The van der Waals surface area contributed by atoms with Gasteiger partial charge in [0.15, 0.2) is 0 Å². The van der Waals surface area contributed by atoms with Crippen LogP contribution in [0.3, 0.4) is 0 Å². The van der Waals surface area contributed by atoms with E-state index in [4.69, 9.17) is 0 Å². The number of fused-ring (bicyclic) bond motifs is 2. The second-order valence-corrected chi connectivity index (χ2v) is 7.47. The Balaban J connectivity index is 1.84. The molecule has 3 atom stereocenters. The lowest BCUT2D eigenvalue weighted by molar-refractivity contribution is -0.0106. The van der Waals surface area contributed by atoms with Gasteiger partial charge in [0.1, 0.15) is 0 Å². The van der Waals surface area contributed by atoms with Crippen LogP contribution in [-0.4, -0.2) is 35.6 Å². The summed E-state index contributed by atoms with van der Waals surface area (Å²) in [5, 5.41) is 3.68. The van der Waals surface area contributed by atoms with Crippen LogP contribution in [0.4, 0.5) is 0 Å². The fourth-order valence-corrected chi connectivity index (χ4v) is 4.08. The minimum absolute atomic E-state index is 0.474. The van der Waals surface area contributed by atoms with Crippen LogP contribution >= 0.6 is 0 Å². The zero-order chi connectivity index (χ0) is 14.4. The van der Waals surface area contributed by atoms with Gasteiger partial charge in [0.05, 0.1) is 0 Å². The number of nitrogens with one attached hydrogen (secondary N) is 1. The van der Waals surface area contributed by atoms with Gasteiger partial charge < -0.3 is 5.32 Å². The topological polar surface area (TPSA) is 15.3 Å². The third-order valence-electron chi connectivity index (χ3n) is 5.57. The first kappa shape index (κ1) is 16.3. The molecule has 2 bridgehead atoms. The maximum Gasteiger partial charge on any atom is 0.0213 e. The first-order chi connectivity index (χ1) is 9.68. The van der Waals surface area contributed by atoms with Gasteiger partial charge >= 0.3 is 0 Å². The van der Waals surface area contributed by atoms with Crippen molar-refractivity contribution in [3.8, 4) is 0 Å². The summed E-state index contributed by atoms with van der Waals surface area (Å²) in [6, 6.07) is 1.60. The predicted octanol–water partition coefficient (Wildman–Crippen LogP) is 4.34. The largest absolute Gasteiger partial charge is 0.309 e. The Morgan fingerprint density at radius 2 is 1.40 bits per heavy atom. The molecule has 0 aromatic heterocycles. The van der Waals surface area contributed by atoms with E-state index in [0.29, 0.717) is 5.54 Å². The molecule has 0 aromatic carbocycles. The van der Waals surface area contributed by atoms with E-state index in [0.717, 1.165) is 12.1 Å². The van der Waals surface area contributed by atoms with Crippen LogP contribution in [0.25, 0.3) is 0 Å². The molecule has 0 aromatic rings. The molecule has 0 aliphatic carbocycles. The summed E-state index contributed by atoms with van der Waals surface area (Å²) < 4.78 is 0. The van der Waals surface area contributed by atoms with Gasteiger partial charge in [-0.2, -0.15) is 0 Å². The van der Waals surface area contributed by atoms with Gasteiger partial charge in [-0.1, -0.05) is 58.8 Å². The highest BCUT2D eigenvalue weighted by molar-refractivity contribution is 5.02. The lowest BCUT2D eigenvalue weighted by Crippen LogP contribution is -2.70. The lowest BCUT2D eigenvalue weighted by Gasteiger charge is -2.55. The third-order valence-corrected chi connectivity index (χ3v) is 5.57. The Kier molecular flexibility index (Phi) is 6.35. The molecule has 2 heteroatoms. The van der Waals surface area contributed by atoms with Gasteiger partial charge in [0.2, 0.25) is 0 Å². The van der Waals surface area contributed by atoms with E-state index >= 15 is 0 Å². The molecule has 20 heavy (non-hydrogen) atoms. The van der Waals surface area contributed by atoms with E-state index in [1.54, 1.807) is 0 Å². The fourth-order valence-electron chi connectivity index (χ4n) is 4.08. The quantitative estimate of drug-likeness (QED) is 0.599. The second-order valence-electron chi connectivity index (χ2n) is 7.47. The summed E-state index contributed by atoms with van der Waals surface area (Å²) in [4.78, 5) is 2.84. The summed E-state index contributed by atoms with van der Waals surface area (Å²) in [7, 11) is 0. The smallest absolute Gasteiger partial charge is 0.0213 e. The van der Waals surface area contributed by atoms with Crippen molar-refractivity contribution in [1.29, 1.82) is 0 Å². The van der Waals surface area contributed by atoms with E-state index < -0.39 is 0 Å². The Morgan fingerprint density at radius 1 is 0.900 bits per heavy atom. The number of hydrogen-bond acceptors (Lipinski definition) is 2. The number of hydrogen-bond donors (Lipinski definition) is 1. The van der Waals surface area contributed by atoms with E-state index in [1.807, 2.05) is 0 Å². The summed E-state index contributed by atoms with van der Waals surface area (Å²) in [5.41, 5.74) is 0.474. The minimum atomic E-state index is 0.474. The van der Waals surface area contributed by atoms with E-state index in [-0.39, 0.29) is 0 Å². The first-order valence-corrected chi connectivity index (χ1v) is 9.19. The van der Waals surface area contributed by atoms with Crippen LogP contribution in [-0.2, 0) is 0 Å². The fraction of sp³-hybridized carbons (Fsp3) is 1.00. The van der Waals surface area contributed by atoms with Crippen molar-refractivity contribution in [2.75, 3.05) is 13.1 Å². The molecule has 118 valence electrons. The predicted molar refractivity (Wildman–Crippen MR) is 88.2 cm³/mol. The van der Waals surface area contributed by atoms with Crippen LogP contribution in [0.2, 0.25) is 0 Å². The highest BCUT2D eigenvalue weighted by atomic mass is 15.3. The third kappa shape index (κ3) is 4.21. The van der Waals surface area contributed by atoms with Crippen molar-refractivity contribution in [2.45, 2.75) is 103 Å². The number of piperazine rings is 1. The molecule has 3 heterocycles. The molecule has 0 radical (unpaired) electrons. The van der Waals surface area contributed by atoms with Crippen LogP contribution in [0, 0.1) is 0 Å². The molecule has 2 nitrogen and oxygen atoms in total. The molecule has 0 saturated carbocycles.